The normalized spacial score (nSPS) is 7.36. The number of methoxy groups -OCH3 is 1. The van der Waals surface area contributed by atoms with Gasteiger partial charge in [0.25, 0.3) is 0 Å². The largest absolute Gasteiger partial charge is 0.478 e. The molecule has 0 atom stereocenters. The molecule has 0 spiro atoms. The number of carbonyl (C=O) groups excluding carboxylic acids is 3. The number of esters is 2. The van der Waals surface area contributed by atoms with E-state index in [1.54, 1.807) is 13.8 Å². The fraction of sp³-hybridized carbons (Fsp3) is 0.294. The smallest absolute Gasteiger partial charge is 0.332 e. The molecule has 0 heterocycles. The van der Waals surface area contributed by atoms with Gasteiger partial charge in [0.2, 0.25) is 5.91 Å². The molecule has 1 amide bonds. The molecule has 0 aliphatic heterocycles. The van der Waals surface area contributed by atoms with E-state index < -0.39 is 11.9 Å². The van der Waals surface area contributed by atoms with Crippen molar-refractivity contribution in [3.05, 3.63) is 49.6 Å². The standard InChI is InChI=1S/2C5H8O2.C4H6O2.C3H5NO/c1-4(2)5(6)7-3;1-3-5(6)7-4-2;1-3(2)4(5)6;1-2-3(4)5/h1H2,2-3H3;3H,1,4H2,2H3;1H2,2H3,(H,5,6);2H,1H2,(H2,4,5). The van der Waals surface area contributed by atoms with Crippen LogP contribution in [0.4, 0.5) is 0 Å². The Hall–Kier alpha value is -3.16. The number of carbonyl (C=O) groups is 4. The first-order valence-electron chi connectivity index (χ1n) is 6.74. The van der Waals surface area contributed by atoms with E-state index in [0.29, 0.717) is 12.2 Å². The van der Waals surface area contributed by atoms with Crippen molar-refractivity contribution < 1.29 is 33.8 Å². The summed E-state index contributed by atoms with van der Waals surface area (Å²) in [5.74, 6) is -2.12. The molecule has 0 bridgehead atoms. The molecule has 0 aliphatic carbocycles. The van der Waals surface area contributed by atoms with Crippen LogP contribution in [0, 0.1) is 0 Å². The molecule has 0 radical (unpaired) electrons. The average molecular weight is 357 g/mol. The molecular formula is C17H27NO7. The second-order valence-corrected chi connectivity index (χ2v) is 3.92. The molecule has 142 valence electrons. The Morgan fingerprint density at radius 1 is 1.04 bits per heavy atom. The zero-order valence-electron chi connectivity index (χ0n) is 15.2. The van der Waals surface area contributed by atoms with Gasteiger partial charge in [-0.05, 0) is 26.8 Å². The quantitative estimate of drug-likeness (QED) is 0.566. The number of primary amides is 1. The summed E-state index contributed by atoms with van der Waals surface area (Å²) in [6.07, 6.45) is 2.20. The molecule has 3 N–H and O–H groups in total. The summed E-state index contributed by atoms with van der Waals surface area (Å²) in [4.78, 5) is 39.3. The van der Waals surface area contributed by atoms with Gasteiger partial charge in [-0.15, -0.1) is 0 Å². The van der Waals surface area contributed by atoms with Crippen LogP contribution in [0.5, 0.6) is 0 Å². The van der Waals surface area contributed by atoms with E-state index in [1.807, 2.05) is 0 Å². The first-order valence-corrected chi connectivity index (χ1v) is 6.74. The number of hydrogen-bond donors (Lipinski definition) is 2. The van der Waals surface area contributed by atoms with Crippen LogP contribution in [0.3, 0.4) is 0 Å². The van der Waals surface area contributed by atoms with Crippen LogP contribution >= 0.6 is 0 Å². The van der Waals surface area contributed by atoms with Gasteiger partial charge in [-0.3, -0.25) is 4.79 Å². The summed E-state index contributed by atoms with van der Waals surface area (Å²) in [5.41, 5.74) is 5.14. The van der Waals surface area contributed by atoms with Crippen LogP contribution in [0.25, 0.3) is 0 Å². The Morgan fingerprint density at radius 2 is 1.40 bits per heavy atom. The highest BCUT2D eigenvalue weighted by molar-refractivity contribution is 5.86. The molecule has 8 nitrogen and oxygen atoms in total. The van der Waals surface area contributed by atoms with Crippen molar-refractivity contribution >= 4 is 23.8 Å². The number of ether oxygens (including phenoxy) is 2. The molecule has 0 fully saturated rings. The van der Waals surface area contributed by atoms with Gasteiger partial charge in [-0.25, -0.2) is 14.4 Å². The van der Waals surface area contributed by atoms with Gasteiger partial charge in [-0.1, -0.05) is 26.3 Å². The van der Waals surface area contributed by atoms with Gasteiger partial charge >= 0.3 is 17.9 Å². The van der Waals surface area contributed by atoms with Crippen molar-refractivity contribution in [1.82, 2.24) is 0 Å². The molecule has 0 saturated heterocycles. The van der Waals surface area contributed by atoms with Gasteiger partial charge in [0.1, 0.15) is 0 Å². The molecule has 0 aromatic heterocycles. The highest BCUT2D eigenvalue weighted by Gasteiger charge is 1.95. The van der Waals surface area contributed by atoms with Crippen molar-refractivity contribution in [2.24, 2.45) is 5.73 Å². The predicted octanol–water partition coefficient (Wildman–Crippen LogP) is 1.78. The van der Waals surface area contributed by atoms with Crippen LogP contribution < -0.4 is 5.73 Å². The number of amides is 1. The maximum absolute atomic E-state index is 10.2. The van der Waals surface area contributed by atoms with Crippen molar-refractivity contribution in [3.8, 4) is 0 Å². The number of rotatable bonds is 5. The van der Waals surface area contributed by atoms with Crippen molar-refractivity contribution in [2.75, 3.05) is 13.7 Å². The van der Waals surface area contributed by atoms with Gasteiger partial charge in [0, 0.05) is 17.2 Å². The summed E-state index contributed by atoms with van der Waals surface area (Å²) in [6, 6.07) is 0. The third kappa shape index (κ3) is 38.6. The molecule has 0 unspecified atom stereocenters. The number of nitrogens with two attached hydrogens (primary N) is 1. The second kappa shape index (κ2) is 20.8. The Labute approximate surface area is 148 Å². The minimum atomic E-state index is -0.935. The number of carboxylic acid groups (broad SMARTS) is 1. The van der Waals surface area contributed by atoms with Crippen LogP contribution in [0.1, 0.15) is 20.8 Å². The number of carboxylic acids is 1. The Bertz CT molecular complexity index is 479. The molecule has 0 aromatic rings. The molecule has 0 aliphatic rings. The van der Waals surface area contributed by atoms with Gasteiger partial charge in [0.15, 0.2) is 0 Å². The number of hydrogen-bond acceptors (Lipinski definition) is 6. The fourth-order valence-corrected chi connectivity index (χ4v) is 0.375. The first kappa shape index (κ1) is 29.8. The molecule has 0 aromatic carbocycles. The molecule has 8 heteroatoms. The van der Waals surface area contributed by atoms with Crippen molar-refractivity contribution in [3.63, 3.8) is 0 Å². The Balaban J connectivity index is -0.000000119. The Kier molecular flexibility index (Phi) is 24.8. The molecule has 25 heavy (non-hydrogen) atoms. The van der Waals surface area contributed by atoms with Crippen LogP contribution in [0.2, 0.25) is 0 Å². The van der Waals surface area contributed by atoms with Crippen LogP contribution in [-0.4, -0.2) is 42.6 Å². The van der Waals surface area contributed by atoms with E-state index in [2.05, 4.69) is 41.5 Å². The van der Waals surface area contributed by atoms with E-state index in [1.165, 1.54) is 14.0 Å². The SMILES string of the molecule is C=C(C)C(=O)O.C=C(C)C(=O)OC.C=CC(=O)OCC.C=CC(N)=O. The zero-order chi connectivity index (χ0) is 21.0. The van der Waals surface area contributed by atoms with E-state index in [0.717, 1.165) is 12.2 Å². The second-order valence-electron chi connectivity index (χ2n) is 3.92. The third-order valence-electron chi connectivity index (χ3n) is 1.55. The molecular weight excluding hydrogens is 330 g/mol. The zero-order valence-corrected chi connectivity index (χ0v) is 15.2. The lowest BCUT2D eigenvalue weighted by Gasteiger charge is -1.91. The summed E-state index contributed by atoms with van der Waals surface area (Å²) in [6.45, 7) is 18.0. The number of aliphatic carboxylic acids is 1. The van der Waals surface area contributed by atoms with E-state index in [-0.39, 0.29) is 17.5 Å². The minimum Gasteiger partial charge on any atom is -0.478 e. The van der Waals surface area contributed by atoms with E-state index in [4.69, 9.17) is 5.11 Å². The molecule has 0 rings (SSSR count). The summed E-state index contributed by atoms with van der Waals surface area (Å²) in [7, 11) is 1.33. The highest BCUT2D eigenvalue weighted by atomic mass is 16.5. The van der Waals surface area contributed by atoms with Gasteiger partial charge in [-0.2, -0.15) is 0 Å². The maximum Gasteiger partial charge on any atom is 0.332 e. The first-order chi connectivity index (χ1) is 11.4. The van der Waals surface area contributed by atoms with Gasteiger partial charge in [0.05, 0.1) is 13.7 Å². The van der Waals surface area contributed by atoms with Crippen molar-refractivity contribution in [2.45, 2.75) is 20.8 Å². The van der Waals surface area contributed by atoms with Gasteiger partial charge < -0.3 is 20.3 Å². The minimum absolute atomic E-state index is 0.176. The summed E-state index contributed by atoms with van der Waals surface area (Å²) in [5, 5.41) is 7.89. The molecule has 0 saturated carbocycles. The van der Waals surface area contributed by atoms with Crippen molar-refractivity contribution in [1.29, 1.82) is 0 Å². The maximum atomic E-state index is 10.2. The Morgan fingerprint density at radius 3 is 1.44 bits per heavy atom. The monoisotopic (exact) mass is 357 g/mol. The predicted molar refractivity (Wildman–Crippen MR) is 95.5 cm³/mol. The summed E-state index contributed by atoms with van der Waals surface area (Å²) < 4.78 is 8.71. The van der Waals surface area contributed by atoms with E-state index >= 15 is 0 Å². The lowest BCUT2D eigenvalue weighted by atomic mass is 10.4. The van der Waals surface area contributed by atoms with Crippen LogP contribution in [-0.2, 0) is 28.7 Å². The van der Waals surface area contributed by atoms with Crippen LogP contribution in [0.15, 0.2) is 49.6 Å². The lowest BCUT2D eigenvalue weighted by molar-refractivity contribution is -0.137. The highest BCUT2D eigenvalue weighted by Crippen LogP contribution is 1.87. The summed E-state index contributed by atoms with van der Waals surface area (Å²) >= 11 is 0. The average Bonchev–Trinajstić information content (AvgIpc) is 2.55. The third-order valence-corrected chi connectivity index (χ3v) is 1.55. The topological polar surface area (TPSA) is 133 Å². The lowest BCUT2D eigenvalue weighted by Crippen LogP contribution is -2.04. The van der Waals surface area contributed by atoms with E-state index in [9.17, 15) is 19.2 Å². The fourth-order valence-electron chi connectivity index (χ4n) is 0.375.